The van der Waals surface area contributed by atoms with E-state index >= 15 is 0 Å². The predicted octanol–water partition coefficient (Wildman–Crippen LogP) is 3.38. The van der Waals surface area contributed by atoms with Crippen molar-refractivity contribution in [3.05, 3.63) is 45.4 Å². The van der Waals surface area contributed by atoms with Gasteiger partial charge in [0.1, 0.15) is 0 Å². The fraction of sp³-hybridized carbons (Fsp3) is 0. The van der Waals surface area contributed by atoms with Crippen molar-refractivity contribution in [2.75, 3.05) is 0 Å². The molecule has 0 N–H and O–H groups in total. The molecule has 6 heteroatoms. The summed E-state index contributed by atoms with van der Waals surface area (Å²) < 4.78 is 4.22. The number of rotatable bonds is 4. The van der Waals surface area contributed by atoms with Crippen LogP contribution in [0.2, 0.25) is 0 Å². The molecule has 0 aromatic heterocycles. The highest BCUT2D eigenvalue weighted by Gasteiger charge is 2.01. The summed E-state index contributed by atoms with van der Waals surface area (Å²) in [6.45, 7) is 0. The average molecular weight is 232 g/mol. The molecular formula is C8H6ClNO3S. The normalized spacial score (nSPS) is 10.6. The summed E-state index contributed by atoms with van der Waals surface area (Å²) in [6.07, 6.45) is 1.73. The molecule has 0 aliphatic rings. The van der Waals surface area contributed by atoms with Crippen molar-refractivity contribution in [3.63, 3.8) is 0 Å². The maximum absolute atomic E-state index is 10.3. The number of hydrogen-bond acceptors (Lipinski definition) is 4. The maximum atomic E-state index is 10.3. The summed E-state index contributed by atoms with van der Waals surface area (Å²) in [7, 11) is 0. The SMILES string of the molecule is O=[N+]([O-])c1ccc(/C=C/SOCl)cc1. The summed E-state index contributed by atoms with van der Waals surface area (Å²) in [5, 5.41) is 12.0. The van der Waals surface area contributed by atoms with E-state index in [1.54, 1.807) is 23.6 Å². The zero-order chi connectivity index (χ0) is 10.4. The largest absolute Gasteiger partial charge is 0.269 e. The van der Waals surface area contributed by atoms with Gasteiger partial charge in [-0.15, -0.1) is 0 Å². The van der Waals surface area contributed by atoms with E-state index in [0.717, 1.165) is 17.6 Å². The third-order valence-electron chi connectivity index (χ3n) is 1.46. The molecular weight excluding hydrogens is 226 g/mol. The van der Waals surface area contributed by atoms with E-state index in [1.807, 2.05) is 0 Å². The molecule has 0 unspecified atom stereocenters. The second kappa shape index (κ2) is 5.64. The van der Waals surface area contributed by atoms with Gasteiger partial charge in [-0.1, -0.05) is 0 Å². The highest BCUT2D eigenvalue weighted by Crippen LogP contribution is 2.15. The molecule has 14 heavy (non-hydrogen) atoms. The average Bonchev–Trinajstić information content (AvgIpc) is 2.19. The Balaban J connectivity index is 2.68. The van der Waals surface area contributed by atoms with Crippen LogP contribution in [0.5, 0.6) is 0 Å². The van der Waals surface area contributed by atoms with Crippen LogP contribution < -0.4 is 0 Å². The minimum atomic E-state index is -0.440. The van der Waals surface area contributed by atoms with Crippen LogP contribution in [0.1, 0.15) is 5.56 Å². The van der Waals surface area contributed by atoms with E-state index < -0.39 is 4.92 Å². The lowest BCUT2D eigenvalue weighted by Crippen LogP contribution is -1.86. The summed E-state index contributed by atoms with van der Waals surface area (Å²) in [5.41, 5.74) is 0.917. The quantitative estimate of drug-likeness (QED) is 0.453. The second-order valence-corrected chi connectivity index (χ2v) is 3.28. The first-order chi connectivity index (χ1) is 6.74. The number of benzene rings is 1. The van der Waals surface area contributed by atoms with Gasteiger partial charge in [0.25, 0.3) is 5.69 Å². The summed E-state index contributed by atoms with van der Waals surface area (Å²) >= 11 is 5.92. The first kappa shape index (κ1) is 11.0. The van der Waals surface area contributed by atoms with E-state index in [1.165, 1.54) is 12.1 Å². The van der Waals surface area contributed by atoms with Crippen molar-refractivity contribution in [1.29, 1.82) is 0 Å². The fourth-order valence-electron chi connectivity index (χ4n) is 0.834. The van der Waals surface area contributed by atoms with Gasteiger partial charge in [-0.3, -0.25) is 10.1 Å². The van der Waals surface area contributed by atoms with Crippen molar-refractivity contribution in [2.45, 2.75) is 0 Å². The Morgan fingerprint density at radius 1 is 1.43 bits per heavy atom. The van der Waals surface area contributed by atoms with Crippen LogP contribution in [-0.2, 0) is 3.74 Å². The predicted molar refractivity (Wildman–Crippen MR) is 56.7 cm³/mol. The number of nitro benzene ring substituents is 1. The molecule has 0 atom stereocenters. The summed E-state index contributed by atoms with van der Waals surface area (Å²) in [4.78, 5) is 9.88. The molecule has 0 heterocycles. The minimum absolute atomic E-state index is 0.0726. The molecule has 0 aliphatic heterocycles. The van der Waals surface area contributed by atoms with Crippen LogP contribution in [0, 0.1) is 10.1 Å². The van der Waals surface area contributed by atoms with Crippen molar-refractivity contribution in [2.24, 2.45) is 0 Å². The van der Waals surface area contributed by atoms with Gasteiger partial charge in [-0.2, -0.15) is 0 Å². The van der Waals surface area contributed by atoms with Gasteiger partial charge in [-0.05, 0) is 23.8 Å². The Morgan fingerprint density at radius 3 is 2.57 bits per heavy atom. The van der Waals surface area contributed by atoms with Gasteiger partial charge >= 0.3 is 0 Å². The monoisotopic (exact) mass is 231 g/mol. The van der Waals surface area contributed by atoms with Crippen molar-refractivity contribution < 1.29 is 8.66 Å². The van der Waals surface area contributed by atoms with Crippen LogP contribution in [0.15, 0.2) is 29.7 Å². The fourth-order valence-corrected chi connectivity index (χ4v) is 1.22. The van der Waals surface area contributed by atoms with Gasteiger partial charge in [0.2, 0.25) is 0 Å². The molecule has 4 nitrogen and oxygen atoms in total. The Labute approximate surface area is 90.0 Å². The van der Waals surface area contributed by atoms with Crippen molar-refractivity contribution in [3.8, 4) is 0 Å². The van der Waals surface area contributed by atoms with Crippen LogP contribution in [0.3, 0.4) is 0 Å². The lowest BCUT2D eigenvalue weighted by Gasteiger charge is -1.92. The Hall–Kier alpha value is -1.04. The van der Waals surface area contributed by atoms with E-state index in [9.17, 15) is 10.1 Å². The van der Waals surface area contributed by atoms with Gasteiger partial charge in [0.15, 0.2) is 0 Å². The van der Waals surface area contributed by atoms with Gasteiger partial charge in [-0.25, -0.2) is 3.74 Å². The van der Waals surface area contributed by atoms with Crippen LogP contribution in [0.4, 0.5) is 5.69 Å². The van der Waals surface area contributed by atoms with Crippen molar-refractivity contribution >= 4 is 35.7 Å². The Kier molecular flexibility index (Phi) is 4.45. The zero-order valence-corrected chi connectivity index (χ0v) is 8.49. The maximum Gasteiger partial charge on any atom is 0.269 e. The van der Waals surface area contributed by atoms with E-state index in [0.29, 0.717) is 0 Å². The molecule has 0 spiro atoms. The van der Waals surface area contributed by atoms with Crippen LogP contribution in [-0.4, -0.2) is 4.92 Å². The second-order valence-electron chi connectivity index (χ2n) is 2.31. The molecule has 74 valence electrons. The molecule has 0 saturated carbocycles. The zero-order valence-electron chi connectivity index (χ0n) is 6.92. The van der Waals surface area contributed by atoms with Crippen LogP contribution in [0.25, 0.3) is 6.08 Å². The summed E-state index contributed by atoms with van der Waals surface area (Å²) in [6, 6.07) is 6.16. The Morgan fingerprint density at radius 2 is 2.07 bits per heavy atom. The van der Waals surface area contributed by atoms with E-state index in [2.05, 4.69) is 3.74 Å². The number of nitro groups is 1. The number of hydrogen-bond donors (Lipinski definition) is 0. The third kappa shape index (κ3) is 3.37. The van der Waals surface area contributed by atoms with E-state index in [4.69, 9.17) is 11.9 Å². The minimum Gasteiger partial charge on any atom is -0.258 e. The Bertz CT molecular complexity index is 339. The molecule has 1 rings (SSSR count). The van der Waals surface area contributed by atoms with Gasteiger partial charge in [0, 0.05) is 29.6 Å². The lowest BCUT2D eigenvalue weighted by atomic mass is 10.2. The summed E-state index contributed by atoms with van der Waals surface area (Å²) in [5.74, 6) is 0. The molecule has 0 bridgehead atoms. The molecule has 0 aliphatic carbocycles. The number of nitrogens with zero attached hydrogens (tertiary/aromatic N) is 1. The number of halogens is 1. The highest BCUT2D eigenvalue weighted by atomic mass is 35.5. The smallest absolute Gasteiger partial charge is 0.258 e. The highest BCUT2D eigenvalue weighted by molar-refractivity contribution is 7.98. The van der Waals surface area contributed by atoms with Crippen LogP contribution >= 0.6 is 23.9 Å². The standard InChI is InChI=1S/C8H6ClNO3S/c9-13-14-6-5-7-1-3-8(4-2-7)10(11)12/h1-6H/b6-5+. The molecule has 0 fully saturated rings. The lowest BCUT2D eigenvalue weighted by molar-refractivity contribution is -0.384. The van der Waals surface area contributed by atoms with Gasteiger partial charge in [0.05, 0.1) is 16.8 Å². The topological polar surface area (TPSA) is 52.4 Å². The van der Waals surface area contributed by atoms with Crippen molar-refractivity contribution in [1.82, 2.24) is 0 Å². The molecule has 1 aromatic rings. The molecule has 1 aromatic carbocycles. The van der Waals surface area contributed by atoms with Gasteiger partial charge < -0.3 is 0 Å². The number of non-ortho nitro benzene ring substituents is 1. The first-order valence-corrected chi connectivity index (χ1v) is 4.70. The molecule has 0 radical (unpaired) electrons. The third-order valence-corrected chi connectivity index (χ3v) is 1.99. The molecule has 0 amide bonds. The first-order valence-electron chi connectivity index (χ1n) is 3.59. The molecule has 0 saturated heterocycles. The van der Waals surface area contributed by atoms with E-state index in [-0.39, 0.29) is 5.69 Å².